The molecule has 0 saturated carbocycles. The Morgan fingerprint density at radius 2 is 1.83 bits per heavy atom. The van der Waals surface area contributed by atoms with E-state index in [-0.39, 0.29) is 11.2 Å². The lowest BCUT2D eigenvalue weighted by Gasteiger charge is -2.33. The molecule has 2 aliphatic rings. The number of fused-ring (bicyclic) bond motifs is 2. The zero-order valence-electron chi connectivity index (χ0n) is 10.7. The molecule has 90 valence electrons. The number of ether oxygens (including phenoxy) is 1. The van der Waals surface area contributed by atoms with Crippen LogP contribution in [0.5, 0.6) is 0 Å². The third-order valence-corrected chi connectivity index (χ3v) is 3.36. The van der Waals surface area contributed by atoms with E-state index in [1.807, 2.05) is 30.3 Å². The van der Waals surface area contributed by atoms with Gasteiger partial charge in [0, 0.05) is 17.6 Å². The van der Waals surface area contributed by atoms with Gasteiger partial charge in [-0.3, -0.25) is 0 Å². The summed E-state index contributed by atoms with van der Waals surface area (Å²) >= 11 is 0. The highest BCUT2D eigenvalue weighted by Gasteiger charge is 2.41. The molecule has 0 unspecified atom stereocenters. The predicted octanol–water partition coefficient (Wildman–Crippen LogP) is 3.47. The standard InChI is InChI=1S/C17H16O/c1-16-10-11-17(2,18-16)13-15(12-16)9-8-14-6-4-3-5-7-14/h3-7,10-12H,13H2,1-2H3/t16-,17+/m0/s1. The van der Waals surface area contributed by atoms with Crippen molar-refractivity contribution in [1.82, 2.24) is 0 Å². The highest BCUT2D eigenvalue weighted by molar-refractivity contribution is 5.45. The second-order valence-electron chi connectivity index (χ2n) is 5.39. The van der Waals surface area contributed by atoms with Gasteiger partial charge in [0.15, 0.2) is 0 Å². The van der Waals surface area contributed by atoms with Crippen molar-refractivity contribution < 1.29 is 4.74 Å². The summed E-state index contributed by atoms with van der Waals surface area (Å²) in [4.78, 5) is 0. The summed E-state index contributed by atoms with van der Waals surface area (Å²) in [6.07, 6.45) is 7.28. The average Bonchev–Trinajstić information content (AvgIpc) is 2.57. The van der Waals surface area contributed by atoms with E-state index in [1.165, 1.54) is 5.57 Å². The molecule has 0 amide bonds. The van der Waals surface area contributed by atoms with Gasteiger partial charge in [-0.15, -0.1) is 0 Å². The van der Waals surface area contributed by atoms with Gasteiger partial charge in [0.2, 0.25) is 0 Å². The zero-order valence-corrected chi connectivity index (χ0v) is 10.7. The van der Waals surface area contributed by atoms with Crippen LogP contribution in [0.1, 0.15) is 25.8 Å². The lowest BCUT2D eigenvalue weighted by Crippen LogP contribution is -2.35. The van der Waals surface area contributed by atoms with Gasteiger partial charge >= 0.3 is 0 Å². The van der Waals surface area contributed by atoms with E-state index >= 15 is 0 Å². The smallest absolute Gasteiger partial charge is 0.104 e. The minimum absolute atomic E-state index is 0.176. The number of hydrogen-bond donors (Lipinski definition) is 0. The van der Waals surface area contributed by atoms with Crippen LogP contribution in [0.25, 0.3) is 0 Å². The first-order valence-electron chi connectivity index (χ1n) is 6.26. The maximum Gasteiger partial charge on any atom is 0.104 e. The van der Waals surface area contributed by atoms with Crippen LogP contribution in [0, 0.1) is 11.8 Å². The summed E-state index contributed by atoms with van der Waals surface area (Å²) < 4.78 is 6.00. The van der Waals surface area contributed by atoms with Crippen molar-refractivity contribution in [3.8, 4) is 11.8 Å². The van der Waals surface area contributed by atoms with Gasteiger partial charge in [-0.05, 0) is 32.1 Å². The topological polar surface area (TPSA) is 9.23 Å². The SMILES string of the molecule is C[C@]12C=C[C@](C)(CC(C#Cc3ccccc3)=C1)O2. The Kier molecular flexibility index (Phi) is 2.43. The second kappa shape index (κ2) is 3.86. The molecule has 1 heteroatoms. The van der Waals surface area contributed by atoms with Crippen molar-refractivity contribution in [2.24, 2.45) is 0 Å². The van der Waals surface area contributed by atoms with E-state index in [9.17, 15) is 0 Å². The molecular weight excluding hydrogens is 220 g/mol. The van der Waals surface area contributed by atoms with Crippen molar-refractivity contribution in [3.05, 3.63) is 59.7 Å². The molecule has 18 heavy (non-hydrogen) atoms. The number of hydrogen-bond acceptors (Lipinski definition) is 1. The molecule has 0 spiro atoms. The zero-order chi connectivity index (χ0) is 12.6. The fourth-order valence-corrected chi connectivity index (χ4v) is 2.61. The van der Waals surface area contributed by atoms with Crippen LogP contribution in [0.4, 0.5) is 0 Å². The molecule has 3 rings (SSSR count). The van der Waals surface area contributed by atoms with Crippen LogP contribution in [0.3, 0.4) is 0 Å². The Balaban J connectivity index is 1.88. The molecule has 1 aromatic carbocycles. The maximum atomic E-state index is 6.00. The van der Waals surface area contributed by atoms with Crippen LogP contribution in [-0.4, -0.2) is 11.2 Å². The quantitative estimate of drug-likeness (QED) is 0.495. The molecule has 0 fully saturated rings. The third-order valence-electron chi connectivity index (χ3n) is 3.36. The highest BCUT2D eigenvalue weighted by atomic mass is 16.5. The molecule has 1 nitrogen and oxygen atoms in total. The first-order valence-corrected chi connectivity index (χ1v) is 6.26. The normalized spacial score (nSPS) is 32.7. The first-order chi connectivity index (χ1) is 8.57. The minimum atomic E-state index is -0.270. The Bertz CT molecular complexity index is 585. The van der Waals surface area contributed by atoms with E-state index in [4.69, 9.17) is 4.74 Å². The summed E-state index contributed by atoms with van der Waals surface area (Å²) in [6, 6.07) is 10.1. The fourth-order valence-electron chi connectivity index (χ4n) is 2.61. The Labute approximate surface area is 108 Å². The molecule has 2 bridgehead atoms. The molecule has 2 aliphatic heterocycles. The van der Waals surface area contributed by atoms with Gasteiger partial charge in [0.05, 0.1) is 5.60 Å². The average molecular weight is 236 g/mol. The van der Waals surface area contributed by atoms with Gasteiger partial charge in [0.25, 0.3) is 0 Å². The van der Waals surface area contributed by atoms with Gasteiger partial charge in [-0.25, -0.2) is 0 Å². The lowest BCUT2D eigenvalue weighted by molar-refractivity contribution is -0.0518. The molecule has 0 N–H and O–H groups in total. The molecule has 0 radical (unpaired) electrons. The van der Waals surface area contributed by atoms with E-state index in [2.05, 4.69) is 43.9 Å². The molecule has 0 aromatic heterocycles. The summed E-state index contributed by atoms with van der Waals surface area (Å²) in [6.45, 7) is 4.20. The first kappa shape index (κ1) is 11.3. The van der Waals surface area contributed by atoms with Crippen molar-refractivity contribution in [2.45, 2.75) is 31.5 Å². The molecule has 2 heterocycles. The summed E-state index contributed by atoms with van der Waals surface area (Å²) in [7, 11) is 0. The number of rotatable bonds is 0. The van der Waals surface area contributed by atoms with Crippen LogP contribution >= 0.6 is 0 Å². The second-order valence-corrected chi connectivity index (χ2v) is 5.39. The fraction of sp³-hybridized carbons (Fsp3) is 0.294. The van der Waals surface area contributed by atoms with Gasteiger partial charge < -0.3 is 4.74 Å². The van der Waals surface area contributed by atoms with E-state index in [0.29, 0.717) is 0 Å². The Morgan fingerprint density at radius 1 is 1.06 bits per heavy atom. The Morgan fingerprint density at radius 3 is 2.56 bits per heavy atom. The van der Waals surface area contributed by atoms with Gasteiger partial charge in [-0.2, -0.15) is 0 Å². The van der Waals surface area contributed by atoms with Gasteiger partial charge in [-0.1, -0.05) is 42.2 Å². The van der Waals surface area contributed by atoms with Crippen molar-refractivity contribution in [3.63, 3.8) is 0 Å². The van der Waals surface area contributed by atoms with E-state index < -0.39 is 0 Å². The summed E-state index contributed by atoms with van der Waals surface area (Å²) in [5.41, 5.74) is 1.78. The number of benzene rings is 1. The van der Waals surface area contributed by atoms with Crippen LogP contribution in [-0.2, 0) is 4.74 Å². The molecule has 1 aromatic rings. The van der Waals surface area contributed by atoms with Gasteiger partial charge in [0.1, 0.15) is 5.60 Å². The van der Waals surface area contributed by atoms with Crippen molar-refractivity contribution >= 4 is 0 Å². The Hall–Kier alpha value is -1.78. The lowest BCUT2D eigenvalue weighted by atomic mass is 9.93. The predicted molar refractivity (Wildman–Crippen MR) is 73.1 cm³/mol. The van der Waals surface area contributed by atoms with Crippen molar-refractivity contribution in [2.75, 3.05) is 0 Å². The van der Waals surface area contributed by atoms with Crippen LogP contribution in [0.2, 0.25) is 0 Å². The van der Waals surface area contributed by atoms with E-state index in [0.717, 1.165) is 12.0 Å². The molecule has 2 atom stereocenters. The molecule has 0 aliphatic carbocycles. The van der Waals surface area contributed by atoms with Crippen LogP contribution in [0.15, 0.2) is 54.1 Å². The third kappa shape index (κ3) is 2.12. The summed E-state index contributed by atoms with van der Waals surface area (Å²) in [5, 5.41) is 0. The molecule has 0 saturated heterocycles. The largest absolute Gasteiger partial charge is 0.356 e. The maximum absolute atomic E-state index is 6.00. The highest BCUT2D eigenvalue weighted by Crippen LogP contribution is 2.41. The van der Waals surface area contributed by atoms with Crippen molar-refractivity contribution in [1.29, 1.82) is 0 Å². The minimum Gasteiger partial charge on any atom is -0.356 e. The molecular formula is C17H16O. The monoisotopic (exact) mass is 236 g/mol. The van der Waals surface area contributed by atoms with E-state index in [1.54, 1.807) is 0 Å². The van der Waals surface area contributed by atoms with Crippen LogP contribution < -0.4 is 0 Å². The summed E-state index contributed by atoms with van der Waals surface area (Å²) in [5.74, 6) is 6.50.